The minimum Gasteiger partial charge on any atom is -0.337 e. The number of amides is 2. The van der Waals surface area contributed by atoms with Crippen LogP contribution in [-0.4, -0.2) is 64.1 Å². The highest BCUT2D eigenvalue weighted by Gasteiger charge is 2.23. The number of carbonyl (C=O) groups excluding carboxylic acids is 2. The number of anilines is 1. The number of carbonyl (C=O) groups is 2. The van der Waals surface area contributed by atoms with Crippen molar-refractivity contribution in [3.8, 4) is 5.69 Å². The van der Waals surface area contributed by atoms with Crippen LogP contribution in [0.4, 0.5) is 10.2 Å². The third kappa shape index (κ3) is 5.58. The third-order valence-electron chi connectivity index (χ3n) is 5.52. The molecular weight excluding hydrogens is 445 g/mol. The third-order valence-corrected chi connectivity index (χ3v) is 5.85. The van der Waals surface area contributed by atoms with E-state index in [9.17, 15) is 14.0 Å². The smallest absolute Gasteiger partial charge is 0.255 e. The maximum Gasteiger partial charge on any atom is 0.255 e. The van der Waals surface area contributed by atoms with Crippen molar-refractivity contribution >= 4 is 29.2 Å². The second-order valence-electron chi connectivity index (χ2n) is 8.01. The fourth-order valence-corrected chi connectivity index (χ4v) is 4.11. The van der Waals surface area contributed by atoms with Gasteiger partial charge in [-0.05, 0) is 49.7 Å². The molecule has 0 saturated carbocycles. The van der Waals surface area contributed by atoms with Crippen LogP contribution in [0.15, 0.2) is 54.6 Å². The van der Waals surface area contributed by atoms with Crippen LogP contribution in [0, 0.1) is 12.7 Å². The molecule has 0 spiro atoms. The van der Waals surface area contributed by atoms with Gasteiger partial charge in [-0.15, -0.1) is 0 Å². The van der Waals surface area contributed by atoms with Crippen molar-refractivity contribution in [1.29, 1.82) is 0 Å². The summed E-state index contributed by atoms with van der Waals surface area (Å²) in [7, 11) is 0. The van der Waals surface area contributed by atoms with Crippen molar-refractivity contribution in [2.75, 3.05) is 38.0 Å². The molecule has 3 aromatic rings. The lowest BCUT2D eigenvalue weighted by Gasteiger charge is -2.22. The molecule has 0 aliphatic carbocycles. The van der Waals surface area contributed by atoms with Gasteiger partial charge in [0.1, 0.15) is 11.6 Å². The molecule has 0 radical (unpaired) electrons. The number of halogens is 2. The van der Waals surface area contributed by atoms with E-state index < -0.39 is 0 Å². The van der Waals surface area contributed by atoms with E-state index in [0.29, 0.717) is 48.3 Å². The van der Waals surface area contributed by atoms with Crippen molar-refractivity contribution in [2.24, 2.45) is 0 Å². The highest BCUT2D eigenvalue weighted by molar-refractivity contribution is 6.33. The first-order chi connectivity index (χ1) is 15.9. The quantitative estimate of drug-likeness (QED) is 0.617. The minimum atomic E-state index is -0.337. The van der Waals surface area contributed by atoms with Crippen molar-refractivity contribution in [1.82, 2.24) is 19.6 Å². The predicted octanol–water partition coefficient (Wildman–Crippen LogP) is 3.76. The van der Waals surface area contributed by atoms with Gasteiger partial charge < -0.3 is 10.2 Å². The van der Waals surface area contributed by atoms with Crippen LogP contribution in [0.25, 0.3) is 5.69 Å². The SMILES string of the molecule is Cc1cc(NC(=O)CN2CCCN(C(=O)c3ccccc3Cl)CC2)n(-c2ccc(F)cc2)n1. The number of aromatic nitrogens is 2. The number of nitrogens with zero attached hydrogens (tertiary/aromatic N) is 4. The maximum atomic E-state index is 13.3. The van der Waals surface area contributed by atoms with E-state index in [4.69, 9.17) is 11.6 Å². The summed E-state index contributed by atoms with van der Waals surface area (Å²) in [5, 5.41) is 7.75. The molecule has 0 unspecified atom stereocenters. The van der Waals surface area contributed by atoms with Crippen LogP contribution < -0.4 is 5.32 Å². The lowest BCUT2D eigenvalue weighted by molar-refractivity contribution is -0.117. The largest absolute Gasteiger partial charge is 0.337 e. The van der Waals surface area contributed by atoms with Crippen molar-refractivity contribution < 1.29 is 14.0 Å². The van der Waals surface area contributed by atoms with Crippen molar-refractivity contribution in [3.63, 3.8) is 0 Å². The van der Waals surface area contributed by atoms with E-state index in [1.54, 1.807) is 52.0 Å². The first-order valence-electron chi connectivity index (χ1n) is 10.8. The summed E-state index contributed by atoms with van der Waals surface area (Å²) in [5.41, 5.74) is 1.89. The Balaban J connectivity index is 1.37. The molecule has 9 heteroatoms. The zero-order chi connectivity index (χ0) is 23.4. The molecule has 1 aliphatic rings. The molecule has 2 heterocycles. The number of nitrogens with one attached hydrogen (secondary N) is 1. The molecule has 1 fully saturated rings. The van der Waals surface area contributed by atoms with Gasteiger partial charge in [0.2, 0.25) is 5.91 Å². The Bertz CT molecular complexity index is 1150. The molecule has 7 nitrogen and oxygen atoms in total. The number of hydrogen-bond donors (Lipinski definition) is 1. The predicted molar refractivity (Wildman–Crippen MR) is 125 cm³/mol. The van der Waals surface area contributed by atoms with Crippen LogP contribution in [0.3, 0.4) is 0 Å². The lowest BCUT2D eigenvalue weighted by Crippen LogP contribution is -2.38. The molecule has 1 aliphatic heterocycles. The van der Waals surface area contributed by atoms with Gasteiger partial charge in [0.05, 0.1) is 28.5 Å². The number of rotatable bonds is 5. The Morgan fingerprint density at radius 2 is 1.82 bits per heavy atom. The second-order valence-corrected chi connectivity index (χ2v) is 8.42. The molecular formula is C24H25ClFN5O2. The standard InChI is InChI=1S/C24H25ClFN5O2/c1-17-15-22(31(28-17)19-9-7-18(26)8-10-19)27-23(32)16-29-11-4-12-30(14-13-29)24(33)20-5-2-3-6-21(20)25/h2-3,5-10,15H,4,11-14,16H2,1H3,(H,27,32). The van der Waals surface area contributed by atoms with Crippen molar-refractivity contribution in [2.45, 2.75) is 13.3 Å². The van der Waals surface area contributed by atoms with Gasteiger partial charge in [-0.1, -0.05) is 23.7 Å². The Hall–Kier alpha value is -3.23. The molecule has 1 aromatic heterocycles. The first kappa shape index (κ1) is 22.9. The molecule has 1 N–H and O–H groups in total. The molecule has 2 amide bonds. The highest BCUT2D eigenvalue weighted by atomic mass is 35.5. The van der Waals surface area contributed by atoms with Crippen LogP contribution in [-0.2, 0) is 4.79 Å². The Labute approximate surface area is 196 Å². The number of aryl methyl sites for hydroxylation is 1. The molecule has 1 saturated heterocycles. The summed E-state index contributed by atoms with van der Waals surface area (Å²) in [6.45, 7) is 4.44. The monoisotopic (exact) mass is 469 g/mol. The van der Waals surface area contributed by atoms with Crippen LogP contribution in [0.1, 0.15) is 22.5 Å². The van der Waals surface area contributed by atoms with Gasteiger partial charge in [0, 0.05) is 32.2 Å². The normalized spacial score (nSPS) is 14.7. The zero-order valence-electron chi connectivity index (χ0n) is 18.3. The second kappa shape index (κ2) is 10.1. The molecule has 172 valence electrons. The molecule has 4 rings (SSSR count). The van der Waals surface area contributed by atoms with E-state index in [0.717, 1.165) is 12.1 Å². The summed E-state index contributed by atoms with van der Waals surface area (Å²) in [5.74, 6) is -0.0828. The number of benzene rings is 2. The fourth-order valence-electron chi connectivity index (χ4n) is 3.89. The van der Waals surface area contributed by atoms with Crippen molar-refractivity contribution in [3.05, 3.63) is 76.7 Å². The average Bonchev–Trinajstić information content (AvgIpc) is 3.00. The molecule has 33 heavy (non-hydrogen) atoms. The van der Waals surface area contributed by atoms with E-state index in [1.165, 1.54) is 12.1 Å². The molecule has 2 aromatic carbocycles. The number of hydrogen-bond acceptors (Lipinski definition) is 4. The lowest BCUT2D eigenvalue weighted by atomic mass is 10.2. The van der Waals surface area contributed by atoms with E-state index in [1.807, 2.05) is 11.8 Å². The van der Waals surface area contributed by atoms with Gasteiger partial charge in [0.25, 0.3) is 5.91 Å². The summed E-state index contributed by atoms with van der Waals surface area (Å²) in [6, 6.07) is 14.7. The van der Waals surface area contributed by atoms with Gasteiger partial charge in [-0.3, -0.25) is 14.5 Å². The van der Waals surface area contributed by atoms with Crippen LogP contribution >= 0.6 is 11.6 Å². The fraction of sp³-hybridized carbons (Fsp3) is 0.292. The first-order valence-corrected chi connectivity index (χ1v) is 11.2. The summed E-state index contributed by atoms with van der Waals surface area (Å²) < 4.78 is 14.9. The topological polar surface area (TPSA) is 70.5 Å². The van der Waals surface area contributed by atoms with Crippen LogP contribution in [0.5, 0.6) is 0 Å². The molecule has 0 atom stereocenters. The van der Waals surface area contributed by atoms with E-state index in [-0.39, 0.29) is 24.2 Å². The Kier molecular flexibility index (Phi) is 7.05. The van der Waals surface area contributed by atoms with Gasteiger partial charge in [-0.2, -0.15) is 5.10 Å². The van der Waals surface area contributed by atoms with E-state index in [2.05, 4.69) is 10.4 Å². The summed E-state index contributed by atoms with van der Waals surface area (Å²) in [6.07, 6.45) is 0.760. The molecule has 0 bridgehead atoms. The van der Waals surface area contributed by atoms with E-state index >= 15 is 0 Å². The highest BCUT2D eigenvalue weighted by Crippen LogP contribution is 2.19. The summed E-state index contributed by atoms with van der Waals surface area (Å²) in [4.78, 5) is 29.4. The van der Waals surface area contributed by atoms with Gasteiger partial charge >= 0.3 is 0 Å². The Morgan fingerprint density at radius 3 is 2.58 bits per heavy atom. The zero-order valence-corrected chi connectivity index (χ0v) is 19.1. The maximum absolute atomic E-state index is 13.3. The summed E-state index contributed by atoms with van der Waals surface area (Å²) >= 11 is 6.18. The Morgan fingerprint density at radius 1 is 1.06 bits per heavy atom. The average molecular weight is 470 g/mol. The van der Waals surface area contributed by atoms with Gasteiger partial charge in [0.15, 0.2) is 0 Å². The minimum absolute atomic E-state index is 0.0921. The van der Waals surface area contributed by atoms with Crippen LogP contribution in [0.2, 0.25) is 5.02 Å². The van der Waals surface area contributed by atoms with Gasteiger partial charge in [-0.25, -0.2) is 9.07 Å².